The molecule has 0 aromatic heterocycles. The van der Waals surface area contributed by atoms with Gasteiger partial charge in [-0.1, -0.05) is 75.3 Å². The molecular formula is C18H40N+. The van der Waals surface area contributed by atoms with Crippen LogP contribution in [0.4, 0.5) is 5.69 Å². The molecule has 0 fully saturated rings. The SMILES string of the molecule is C.C.C.C.C.CC.CC=CC=[N+](C)c1ccccc1. The zero-order valence-corrected chi connectivity index (χ0v) is 9.57. The minimum absolute atomic E-state index is 0. The molecule has 0 unspecified atom stereocenters. The molecule has 0 amide bonds. The minimum atomic E-state index is 0. The van der Waals surface area contributed by atoms with Crippen molar-refractivity contribution < 1.29 is 4.58 Å². The Bertz CT molecular complexity index is 284. The van der Waals surface area contributed by atoms with E-state index in [4.69, 9.17) is 0 Å². The standard InChI is InChI=1S/C11H14N.C2H6.5CH4/c1-3-4-10-12(2)11-8-6-5-7-9-11;1-2;;;;;/h3-10H,1-2H3;1-2H3;5*1H4/q+1;;;;;;. The van der Waals surface area contributed by atoms with E-state index in [2.05, 4.69) is 16.7 Å². The lowest BCUT2D eigenvalue weighted by Gasteiger charge is -1.92. The van der Waals surface area contributed by atoms with Crippen molar-refractivity contribution in [1.29, 1.82) is 0 Å². The number of rotatable bonds is 2. The van der Waals surface area contributed by atoms with Crippen molar-refractivity contribution in [1.82, 2.24) is 0 Å². The normalized spacial score (nSPS) is 8.11. The Hall–Kier alpha value is -1.37. The van der Waals surface area contributed by atoms with Crippen LogP contribution in [0.15, 0.2) is 42.5 Å². The molecule has 0 aliphatic heterocycles. The van der Waals surface area contributed by atoms with Crippen LogP contribution in [0.2, 0.25) is 0 Å². The number of hydrogen-bond acceptors (Lipinski definition) is 0. The molecule has 1 heteroatoms. The summed E-state index contributed by atoms with van der Waals surface area (Å²) in [7, 11) is 2.04. The van der Waals surface area contributed by atoms with Gasteiger partial charge in [-0.3, -0.25) is 0 Å². The Morgan fingerprint density at radius 3 is 1.63 bits per heavy atom. The molecule has 0 N–H and O–H groups in total. The molecule has 0 aliphatic carbocycles. The molecule has 0 radical (unpaired) electrons. The average molecular weight is 271 g/mol. The van der Waals surface area contributed by atoms with E-state index in [9.17, 15) is 0 Å². The zero-order chi connectivity index (χ0) is 10.8. The van der Waals surface area contributed by atoms with Crippen LogP contribution >= 0.6 is 0 Å². The third kappa shape index (κ3) is 16.6. The van der Waals surface area contributed by atoms with Gasteiger partial charge >= 0.3 is 0 Å². The highest BCUT2D eigenvalue weighted by molar-refractivity contribution is 5.67. The quantitative estimate of drug-likeness (QED) is 0.410. The summed E-state index contributed by atoms with van der Waals surface area (Å²) < 4.78 is 2.08. The van der Waals surface area contributed by atoms with Crippen molar-refractivity contribution in [2.24, 2.45) is 0 Å². The molecule has 0 aliphatic rings. The highest BCUT2D eigenvalue weighted by atomic mass is 15.0. The van der Waals surface area contributed by atoms with Crippen molar-refractivity contribution in [2.45, 2.75) is 57.9 Å². The summed E-state index contributed by atoms with van der Waals surface area (Å²) in [5.74, 6) is 0. The number of nitrogens with zero attached hydrogens (tertiary/aromatic N) is 1. The number of hydrogen-bond donors (Lipinski definition) is 0. The summed E-state index contributed by atoms with van der Waals surface area (Å²) in [6.45, 7) is 6.01. The maximum absolute atomic E-state index is 2.08. The molecule has 1 nitrogen and oxygen atoms in total. The van der Waals surface area contributed by atoms with Crippen LogP contribution in [0, 0.1) is 0 Å². The first-order valence-electron chi connectivity index (χ1n) is 5.08. The van der Waals surface area contributed by atoms with Gasteiger partial charge in [0.25, 0.3) is 0 Å². The van der Waals surface area contributed by atoms with Gasteiger partial charge in [-0.25, -0.2) is 4.58 Å². The average Bonchev–Trinajstić information content (AvgIpc) is 2.30. The number of benzene rings is 1. The first-order valence-corrected chi connectivity index (χ1v) is 5.08. The van der Waals surface area contributed by atoms with Gasteiger partial charge in [0.05, 0.1) is 0 Å². The lowest BCUT2D eigenvalue weighted by atomic mass is 10.3. The lowest BCUT2D eigenvalue weighted by molar-refractivity contribution is -0.398. The Kier molecular flexibility index (Phi) is 48.3. The summed E-state index contributed by atoms with van der Waals surface area (Å²) in [6.07, 6.45) is 6.07. The molecule has 0 spiro atoms. The second-order valence-electron chi connectivity index (χ2n) is 2.62. The van der Waals surface area contributed by atoms with E-state index >= 15 is 0 Å². The molecule has 1 aromatic rings. The lowest BCUT2D eigenvalue weighted by Crippen LogP contribution is -1.96. The van der Waals surface area contributed by atoms with Crippen LogP contribution in [0.1, 0.15) is 57.9 Å². The molecule has 19 heavy (non-hydrogen) atoms. The van der Waals surface area contributed by atoms with Crippen molar-refractivity contribution in [3.63, 3.8) is 0 Å². The highest BCUT2D eigenvalue weighted by Crippen LogP contribution is 2.06. The van der Waals surface area contributed by atoms with Crippen molar-refractivity contribution in [3.05, 3.63) is 42.5 Å². The predicted octanol–water partition coefficient (Wildman–Crippen LogP) is 6.81. The fourth-order valence-corrected chi connectivity index (χ4v) is 0.964. The molecule has 1 rings (SSSR count). The first-order chi connectivity index (χ1) is 6.84. The fraction of sp³-hybridized carbons (Fsp3) is 0.500. The Morgan fingerprint density at radius 1 is 0.842 bits per heavy atom. The van der Waals surface area contributed by atoms with E-state index in [0.717, 1.165) is 0 Å². The van der Waals surface area contributed by atoms with Crippen molar-refractivity contribution >= 4 is 11.9 Å². The molecular weight excluding hydrogens is 230 g/mol. The van der Waals surface area contributed by atoms with Gasteiger partial charge in [-0.2, -0.15) is 0 Å². The summed E-state index contributed by atoms with van der Waals surface area (Å²) in [5.41, 5.74) is 1.20. The van der Waals surface area contributed by atoms with Crippen LogP contribution in [0.5, 0.6) is 0 Å². The predicted molar refractivity (Wildman–Crippen MR) is 98.2 cm³/mol. The van der Waals surface area contributed by atoms with Crippen molar-refractivity contribution in [3.8, 4) is 0 Å². The van der Waals surface area contributed by atoms with Gasteiger partial charge in [0.1, 0.15) is 7.05 Å². The first kappa shape index (κ1) is 36.0. The monoisotopic (exact) mass is 270 g/mol. The molecule has 0 atom stereocenters. The molecule has 0 saturated carbocycles. The summed E-state index contributed by atoms with van der Waals surface area (Å²) >= 11 is 0. The second-order valence-corrected chi connectivity index (χ2v) is 2.62. The van der Waals surface area contributed by atoms with Gasteiger partial charge in [0.15, 0.2) is 6.21 Å². The smallest absolute Gasteiger partial charge is 0.202 e. The van der Waals surface area contributed by atoms with Gasteiger partial charge in [-0.05, 0) is 13.0 Å². The third-order valence-electron chi connectivity index (χ3n) is 1.67. The van der Waals surface area contributed by atoms with Crippen LogP contribution in [-0.4, -0.2) is 17.8 Å². The van der Waals surface area contributed by atoms with Gasteiger partial charge < -0.3 is 0 Å². The largest absolute Gasteiger partial charge is 0.204 e. The van der Waals surface area contributed by atoms with Crippen LogP contribution in [0.25, 0.3) is 0 Å². The Morgan fingerprint density at radius 2 is 1.26 bits per heavy atom. The third-order valence-corrected chi connectivity index (χ3v) is 1.67. The number of para-hydroxylation sites is 1. The van der Waals surface area contributed by atoms with E-state index in [1.54, 1.807) is 0 Å². The van der Waals surface area contributed by atoms with E-state index in [1.807, 2.05) is 64.4 Å². The topological polar surface area (TPSA) is 3.01 Å². The molecule has 0 bridgehead atoms. The Balaban J connectivity index is -0.0000000576. The van der Waals surface area contributed by atoms with Gasteiger partial charge in [0.2, 0.25) is 5.69 Å². The minimum Gasteiger partial charge on any atom is -0.202 e. The molecule has 0 heterocycles. The summed E-state index contributed by atoms with van der Waals surface area (Å²) in [5, 5.41) is 0. The maximum Gasteiger partial charge on any atom is 0.204 e. The second kappa shape index (κ2) is 25.5. The molecule has 0 saturated heterocycles. The maximum atomic E-state index is 2.08. The van der Waals surface area contributed by atoms with E-state index in [1.165, 1.54) is 5.69 Å². The zero-order valence-electron chi connectivity index (χ0n) is 9.57. The summed E-state index contributed by atoms with van der Waals surface area (Å²) in [6, 6.07) is 10.3. The van der Waals surface area contributed by atoms with E-state index in [0.29, 0.717) is 0 Å². The van der Waals surface area contributed by atoms with E-state index in [-0.39, 0.29) is 37.1 Å². The van der Waals surface area contributed by atoms with Gasteiger partial charge in [0, 0.05) is 12.1 Å². The van der Waals surface area contributed by atoms with Crippen molar-refractivity contribution in [2.75, 3.05) is 7.05 Å². The van der Waals surface area contributed by atoms with Crippen LogP contribution in [0.3, 0.4) is 0 Å². The number of allylic oxidation sites excluding steroid dienone is 2. The Labute approximate surface area is 124 Å². The van der Waals surface area contributed by atoms with Gasteiger partial charge in [-0.15, -0.1) is 0 Å². The molecule has 116 valence electrons. The fourth-order valence-electron chi connectivity index (χ4n) is 0.964. The van der Waals surface area contributed by atoms with E-state index < -0.39 is 0 Å². The van der Waals surface area contributed by atoms with Crippen LogP contribution in [-0.2, 0) is 0 Å². The van der Waals surface area contributed by atoms with Crippen LogP contribution < -0.4 is 0 Å². The highest BCUT2D eigenvalue weighted by Gasteiger charge is 1.97. The molecule has 1 aromatic carbocycles. The summed E-state index contributed by atoms with van der Waals surface area (Å²) in [4.78, 5) is 0.